The standard InChI is InChI=1S/C20H23ClN2O/c1-13-7-6-8-17(21)18(13)22-14(2)23-19(24)15-9-11-16(12-10-15)20(3,4)5/h6-12,22H,2H2,1,3-5H3,(H,23,24). The number of rotatable bonds is 4. The molecular formula is C20H23ClN2O. The zero-order chi connectivity index (χ0) is 17.9. The van der Waals surface area contributed by atoms with Crippen LogP contribution in [0.2, 0.25) is 5.02 Å². The molecule has 0 fully saturated rings. The van der Waals surface area contributed by atoms with Gasteiger partial charge in [-0.1, -0.05) is 63.2 Å². The number of benzene rings is 2. The van der Waals surface area contributed by atoms with Crippen LogP contribution in [0.4, 0.5) is 5.69 Å². The fourth-order valence-corrected chi connectivity index (χ4v) is 2.57. The maximum absolute atomic E-state index is 12.3. The number of aryl methyl sites for hydroxylation is 1. The summed E-state index contributed by atoms with van der Waals surface area (Å²) in [6.07, 6.45) is 0. The highest BCUT2D eigenvalue weighted by atomic mass is 35.5. The third-order valence-corrected chi connectivity index (χ3v) is 4.09. The molecule has 0 unspecified atom stereocenters. The minimum atomic E-state index is -0.210. The molecule has 0 bridgehead atoms. The van der Waals surface area contributed by atoms with Crippen LogP contribution in [0.3, 0.4) is 0 Å². The first-order chi connectivity index (χ1) is 11.2. The summed E-state index contributed by atoms with van der Waals surface area (Å²) in [7, 11) is 0. The van der Waals surface area contributed by atoms with Gasteiger partial charge in [-0.2, -0.15) is 0 Å². The average molecular weight is 343 g/mol. The zero-order valence-electron chi connectivity index (χ0n) is 14.5. The number of anilines is 1. The van der Waals surface area contributed by atoms with E-state index in [-0.39, 0.29) is 11.3 Å². The van der Waals surface area contributed by atoms with Crippen LogP contribution in [0.25, 0.3) is 0 Å². The van der Waals surface area contributed by atoms with Crippen LogP contribution in [0, 0.1) is 6.92 Å². The number of halogens is 1. The Hall–Kier alpha value is -2.26. The number of nitrogens with one attached hydrogen (secondary N) is 2. The van der Waals surface area contributed by atoms with Crippen LogP contribution in [0.1, 0.15) is 42.3 Å². The number of amides is 1. The van der Waals surface area contributed by atoms with Crippen molar-refractivity contribution in [3.63, 3.8) is 0 Å². The Kier molecular flexibility index (Phi) is 5.35. The van der Waals surface area contributed by atoms with Crippen LogP contribution < -0.4 is 10.6 Å². The van der Waals surface area contributed by atoms with Gasteiger partial charge in [0.15, 0.2) is 0 Å². The molecule has 0 atom stereocenters. The van der Waals surface area contributed by atoms with E-state index in [0.29, 0.717) is 16.4 Å². The van der Waals surface area contributed by atoms with Crippen molar-refractivity contribution in [2.45, 2.75) is 33.1 Å². The second kappa shape index (κ2) is 7.10. The van der Waals surface area contributed by atoms with Gasteiger partial charge in [-0.15, -0.1) is 0 Å². The van der Waals surface area contributed by atoms with Crippen molar-refractivity contribution in [1.29, 1.82) is 0 Å². The van der Waals surface area contributed by atoms with Gasteiger partial charge in [-0.05, 0) is 41.7 Å². The summed E-state index contributed by atoms with van der Waals surface area (Å²) in [5, 5.41) is 6.39. The third kappa shape index (κ3) is 4.39. The Morgan fingerprint density at radius 1 is 1.08 bits per heavy atom. The van der Waals surface area contributed by atoms with E-state index in [1.54, 1.807) is 6.07 Å². The fraction of sp³-hybridized carbons (Fsp3) is 0.250. The van der Waals surface area contributed by atoms with Crippen LogP contribution in [0.15, 0.2) is 54.9 Å². The van der Waals surface area contributed by atoms with E-state index in [4.69, 9.17) is 11.6 Å². The van der Waals surface area contributed by atoms with Crippen LogP contribution in [0.5, 0.6) is 0 Å². The highest BCUT2D eigenvalue weighted by molar-refractivity contribution is 6.33. The van der Waals surface area contributed by atoms with Gasteiger partial charge >= 0.3 is 0 Å². The van der Waals surface area contributed by atoms with Gasteiger partial charge in [0.1, 0.15) is 5.82 Å². The highest BCUT2D eigenvalue weighted by Gasteiger charge is 2.14. The van der Waals surface area contributed by atoms with E-state index < -0.39 is 0 Å². The molecular weight excluding hydrogens is 320 g/mol. The number of hydrogen-bond acceptors (Lipinski definition) is 2. The molecule has 0 aromatic heterocycles. The molecule has 24 heavy (non-hydrogen) atoms. The van der Waals surface area contributed by atoms with Gasteiger partial charge in [-0.3, -0.25) is 4.79 Å². The van der Waals surface area contributed by atoms with Crippen molar-refractivity contribution < 1.29 is 4.79 Å². The minimum absolute atomic E-state index is 0.0573. The molecule has 4 heteroatoms. The van der Waals surface area contributed by atoms with Gasteiger partial charge in [0.05, 0.1) is 10.7 Å². The van der Waals surface area contributed by atoms with Gasteiger partial charge < -0.3 is 10.6 Å². The SMILES string of the molecule is C=C(NC(=O)c1ccc(C(C)(C)C)cc1)Nc1c(C)cccc1Cl. The fourth-order valence-electron chi connectivity index (χ4n) is 2.30. The molecule has 0 spiro atoms. The second-order valence-corrected chi connectivity index (χ2v) is 7.22. The number of carbonyl (C=O) groups is 1. The summed E-state index contributed by atoms with van der Waals surface area (Å²) in [4.78, 5) is 12.3. The van der Waals surface area contributed by atoms with Crippen molar-refractivity contribution in [3.05, 3.63) is 76.6 Å². The molecule has 0 aliphatic rings. The first kappa shape index (κ1) is 18.1. The lowest BCUT2D eigenvalue weighted by Crippen LogP contribution is -2.26. The molecule has 2 rings (SSSR count). The normalized spacial score (nSPS) is 11.0. The summed E-state index contributed by atoms with van der Waals surface area (Å²) in [5.41, 5.74) is 3.55. The summed E-state index contributed by atoms with van der Waals surface area (Å²) in [5.74, 6) is 0.175. The van der Waals surface area contributed by atoms with E-state index in [1.165, 1.54) is 5.56 Å². The minimum Gasteiger partial charge on any atom is -0.341 e. The molecule has 0 saturated carbocycles. The summed E-state index contributed by atoms with van der Waals surface area (Å²) >= 11 is 6.17. The number of carbonyl (C=O) groups excluding carboxylic acids is 1. The Balaban J connectivity index is 2.05. The molecule has 2 aromatic carbocycles. The molecule has 1 amide bonds. The predicted octanol–water partition coefficient (Wildman–Crippen LogP) is 5.26. The van der Waals surface area contributed by atoms with E-state index >= 15 is 0 Å². The Labute approximate surface area is 148 Å². The van der Waals surface area contributed by atoms with Gasteiger partial charge in [-0.25, -0.2) is 0 Å². The summed E-state index contributed by atoms with van der Waals surface area (Å²) in [6, 6.07) is 13.2. The maximum Gasteiger partial charge on any atom is 0.256 e. The smallest absolute Gasteiger partial charge is 0.256 e. The third-order valence-electron chi connectivity index (χ3n) is 3.78. The van der Waals surface area contributed by atoms with E-state index in [0.717, 1.165) is 11.3 Å². The monoisotopic (exact) mass is 342 g/mol. The van der Waals surface area contributed by atoms with Crippen molar-refractivity contribution >= 4 is 23.2 Å². The molecule has 2 aromatic rings. The molecule has 126 valence electrons. The van der Waals surface area contributed by atoms with Crippen molar-refractivity contribution in [2.75, 3.05) is 5.32 Å². The lowest BCUT2D eigenvalue weighted by molar-refractivity contribution is 0.0966. The molecule has 0 radical (unpaired) electrons. The molecule has 0 saturated heterocycles. The van der Waals surface area contributed by atoms with Crippen molar-refractivity contribution in [1.82, 2.24) is 5.32 Å². The number of hydrogen-bond donors (Lipinski definition) is 2. The van der Waals surface area contributed by atoms with Crippen molar-refractivity contribution in [2.24, 2.45) is 0 Å². The molecule has 0 aliphatic heterocycles. The Bertz CT molecular complexity index is 738. The lowest BCUT2D eigenvalue weighted by atomic mass is 9.87. The van der Waals surface area contributed by atoms with Crippen LogP contribution >= 0.6 is 11.6 Å². The molecule has 0 heterocycles. The highest BCUT2D eigenvalue weighted by Crippen LogP contribution is 2.26. The summed E-state index contributed by atoms with van der Waals surface area (Å²) < 4.78 is 0. The first-order valence-electron chi connectivity index (χ1n) is 7.81. The van der Waals surface area contributed by atoms with Crippen LogP contribution in [-0.2, 0) is 5.41 Å². The molecule has 0 aliphatic carbocycles. The quantitative estimate of drug-likeness (QED) is 0.795. The largest absolute Gasteiger partial charge is 0.341 e. The topological polar surface area (TPSA) is 41.1 Å². The second-order valence-electron chi connectivity index (χ2n) is 6.82. The first-order valence-corrected chi connectivity index (χ1v) is 8.19. The Morgan fingerprint density at radius 2 is 1.71 bits per heavy atom. The maximum atomic E-state index is 12.3. The van der Waals surface area contributed by atoms with Crippen LogP contribution in [-0.4, -0.2) is 5.91 Å². The zero-order valence-corrected chi connectivity index (χ0v) is 15.3. The van der Waals surface area contributed by atoms with Crippen molar-refractivity contribution in [3.8, 4) is 0 Å². The molecule has 3 nitrogen and oxygen atoms in total. The summed E-state index contributed by atoms with van der Waals surface area (Å²) in [6.45, 7) is 12.2. The van der Waals surface area contributed by atoms with Gasteiger partial charge in [0.25, 0.3) is 5.91 Å². The number of para-hydroxylation sites is 1. The Morgan fingerprint density at radius 3 is 2.25 bits per heavy atom. The van der Waals surface area contributed by atoms with Gasteiger partial charge in [0, 0.05) is 5.56 Å². The van der Waals surface area contributed by atoms with E-state index in [1.807, 2.05) is 43.3 Å². The average Bonchev–Trinajstić information content (AvgIpc) is 2.50. The lowest BCUT2D eigenvalue weighted by Gasteiger charge is -2.19. The predicted molar refractivity (Wildman–Crippen MR) is 102 cm³/mol. The van der Waals surface area contributed by atoms with E-state index in [9.17, 15) is 4.79 Å². The van der Waals surface area contributed by atoms with E-state index in [2.05, 4.69) is 38.0 Å². The molecule has 2 N–H and O–H groups in total. The van der Waals surface area contributed by atoms with Gasteiger partial charge in [0.2, 0.25) is 0 Å².